The highest BCUT2D eigenvalue weighted by atomic mass is 32.2. The molecule has 0 bridgehead atoms. The van der Waals surface area contributed by atoms with Crippen LogP contribution >= 0.6 is 11.8 Å². The van der Waals surface area contributed by atoms with E-state index in [9.17, 15) is 9.18 Å². The van der Waals surface area contributed by atoms with Crippen molar-refractivity contribution in [3.63, 3.8) is 0 Å². The summed E-state index contributed by atoms with van der Waals surface area (Å²) in [5.74, 6) is 0.190. The molecule has 164 valence electrons. The summed E-state index contributed by atoms with van der Waals surface area (Å²) in [5, 5.41) is 16.5. The number of thioether (sulfide) groups is 1. The van der Waals surface area contributed by atoms with E-state index in [2.05, 4.69) is 20.6 Å². The monoisotopic (exact) mass is 450 g/mol. The molecule has 7 nitrogen and oxygen atoms in total. The molecule has 0 saturated heterocycles. The lowest BCUT2D eigenvalue weighted by Gasteiger charge is -2.07. The molecule has 0 radical (unpaired) electrons. The molecule has 0 unspecified atom stereocenters. The van der Waals surface area contributed by atoms with Gasteiger partial charge in [-0.05, 0) is 31.5 Å². The van der Waals surface area contributed by atoms with Crippen molar-refractivity contribution in [2.75, 3.05) is 11.1 Å². The zero-order valence-corrected chi connectivity index (χ0v) is 19.1. The quantitative estimate of drug-likeness (QED) is 0.442. The number of hydrogen-bond acceptors (Lipinski definition) is 5. The van der Waals surface area contributed by atoms with Crippen LogP contribution in [0.1, 0.15) is 11.1 Å². The molecule has 0 saturated carbocycles. The van der Waals surface area contributed by atoms with Crippen LogP contribution in [-0.4, -0.2) is 36.2 Å². The Hall–Kier alpha value is -3.46. The molecule has 4 aromatic rings. The third-order valence-electron chi connectivity index (χ3n) is 5.02. The molecule has 0 fully saturated rings. The Kier molecular flexibility index (Phi) is 6.09. The van der Waals surface area contributed by atoms with Gasteiger partial charge >= 0.3 is 0 Å². The highest BCUT2D eigenvalue weighted by molar-refractivity contribution is 7.99. The van der Waals surface area contributed by atoms with Crippen molar-refractivity contribution in [2.45, 2.75) is 19.0 Å². The smallest absolute Gasteiger partial charge is 0.234 e. The fourth-order valence-corrected chi connectivity index (χ4v) is 3.96. The molecular formula is C23H23FN6OS. The van der Waals surface area contributed by atoms with Crippen LogP contribution in [0.25, 0.3) is 22.6 Å². The Morgan fingerprint density at radius 2 is 1.84 bits per heavy atom. The molecule has 1 N–H and O–H groups in total. The molecule has 2 heterocycles. The number of benzene rings is 2. The van der Waals surface area contributed by atoms with Gasteiger partial charge in [0.25, 0.3) is 0 Å². The standard InChI is InChI=1S/C23H23FN6OS/c1-14-5-8-16(9-6-14)21-18(12-29(3)28-21)22-26-27-23(30(22)4)32-13-20(31)25-17-10-7-15(2)19(24)11-17/h5-12H,13H2,1-4H3,(H,25,31). The molecule has 1 amide bonds. The maximum absolute atomic E-state index is 13.7. The van der Waals surface area contributed by atoms with Crippen LogP contribution in [0.15, 0.2) is 53.8 Å². The van der Waals surface area contributed by atoms with Crippen molar-refractivity contribution in [3.05, 3.63) is 65.6 Å². The molecular weight excluding hydrogens is 427 g/mol. The minimum absolute atomic E-state index is 0.124. The van der Waals surface area contributed by atoms with Gasteiger partial charge in [-0.2, -0.15) is 5.10 Å². The summed E-state index contributed by atoms with van der Waals surface area (Å²) < 4.78 is 17.3. The third-order valence-corrected chi connectivity index (χ3v) is 6.04. The minimum Gasteiger partial charge on any atom is -0.325 e. The summed E-state index contributed by atoms with van der Waals surface area (Å²) in [7, 11) is 3.72. The molecule has 0 aliphatic rings. The average molecular weight is 451 g/mol. The Morgan fingerprint density at radius 1 is 1.09 bits per heavy atom. The Labute approximate surface area is 189 Å². The number of carbonyl (C=O) groups excluding carboxylic acids is 1. The van der Waals surface area contributed by atoms with E-state index in [1.807, 2.05) is 56.0 Å². The van der Waals surface area contributed by atoms with Crippen LogP contribution in [0.2, 0.25) is 0 Å². The predicted molar refractivity (Wildman–Crippen MR) is 124 cm³/mol. The van der Waals surface area contributed by atoms with Gasteiger partial charge in [0.15, 0.2) is 11.0 Å². The summed E-state index contributed by atoms with van der Waals surface area (Å²) in [6, 6.07) is 12.8. The lowest BCUT2D eigenvalue weighted by molar-refractivity contribution is -0.113. The molecule has 0 aliphatic carbocycles. The van der Waals surface area contributed by atoms with Gasteiger partial charge in [-0.1, -0.05) is 47.7 Å². The van der Waals surface area contributed by atoms with Crippen molar-refractivity contribution >= 4 is 23.4 Å². The van der Waals surface area contributed by atoms with E-state index in [4.69, 9.17) is 0 Å². The van der Waals surface area contributed by atoms with Crippen LogP contribution in [-0.2, 0) is 18.9 Å². The highest BCUT2D eigenvalue weighted by Gasteiger charge is 2.19. The number of amides is 1. The number of aromatic nitrogens is 5. The number of aryl methyl sites for hydroxylation is 3. The Bertz CT molecular complexity index is 1280. The first-order valence-corrected chi connectivity index (χ1v) is 11.0. The fraction of sp³-hybridized carbons (Fsp3) is 0.217. The first-order valence-electron chi connectivity index (χ1n) is 10.0. The first kappa shape index (κ1) is 21.8. The van der Waals surface area contributed by atoms with E-state index in [0.29, 0.717) is 22.2 Å². The van der Waals surface area contributed by atoms with Crippen molar-refractivity contribution in [1.29, 1.82) is 0 Å². The number of anilines is 1. The number of nitrogens with one attached hydrogen (secondary N) is 1. The van der Waals surface area contributed by atoms with Gasteiger partial charge in [-0.25, -0.2) is 4.39 Å². The lowest BCUT2D eigenvalue weighted by Crippen LogP contribution is -2.14. The third kappa shape index (κ3) is 4.57. The maximum atomic E-state index is 13.7. The van der Waals surface area contributed by atoms with Gasteiger partial charge in [0, 0.05) is 31.5 Å². The van der Waals surface area contributed by atoms with E-state index in [1.165, 1.54) is 23.4 Å². The van der Waals surface area contributed by atoms with Crippen LogP contribution < -0.4 is 5.32 Å². The maximum Gasteiger partial charge on any atom is 0.234 e. The zero-order valence-electron chi connectivity index (χ0n) is 18.3. The largest absolute Gasteiger partial charge is 0.325 e. The highest BCUT2D eigenvalue weighted by Crippen LogP contribution is 2.31. The second-order valence-electron chi connectivity index (χ2n) is 7.60. The van der Waals surface area contributed by atoms with Crippen molar-refractivity contribution in [1.82, 2.24) is 24.5 Å². The second kappa shape index (κ2) is 8.96. The van der Waals surface area contributed by atoms with E-state index < -0.39 is 0 Å². The number of nitrogens with zero attached hydrogens (tertiary/aromatic N) is 5. The summed E-state index contributed by atoms with van der Waals surface area (Å²) >= 11 is 1.26. The van der Waals surface area contributed by atoms with Crippen molar-refractivity contribution < 1.29 is 9.18 Å². The Morgan fingerprint density at radius 3 is 2.56 bits per heavy atom. The van der Waals surface area contributed by atoms with Crippen LogP contribution in [0.3, 0.4) is 0 Å². The molecule has 0 aliphatic heterocycles. The summed E-state index contributed by atoms with van der Waals surface area (Å²) in [6.07, 6.45) is 1.91. The fourth-order valence-electron chi connectivity index (χ4n) is 3.25. The summed E-state index contributed by atoms with van der Waals surface area (Å²) in [6.45, 7) is 3.72. The minimum atomic E-state index is -0.353. The molecule has 0 atom stereocenters. The molecule has 4 rings (SSSR count). The number of carbonyl (C=O) groups is 1. The van der Waals surface area contributed by atoms with Gasteiger partial charge in [0.1, 0.15) is 11.5 Å². The van der Waals surface area contributed by atoms with Crippen LogP contribution in [0.4, 0.5) is 10.1 Å². The van der Waals surface area contributed by atoms with Crippen molar-refractivity contribution in [3.8, 4) is 22.6 Å². The normalized spacial score (nSPS) is 11.0. The molecule has 9 heteroatoms. The molecule has 0 spiro atoms. The number of hydrogen-bond donors (Lipinski definition) is 1. The average Bonchev–Trinajstić information content (AvgIpc) is 3.32. The number of halogens is 1. The number of rotatable bonds is 6. The lowest BCUT2D eigenvalue weighted by atomic mass is 10.1. The van der Waals surface area contributed by atoms with E-state index >= 15 is 0 Å². The van der Waals surface area contributed by atoms with E-state index in [1.54, 1.807) is 23.7 Å². The van der Waals surface area contributed by atoms with E-state index in [-0.39, 0.29) is 17.5 Å². The van der Waals surface area contributed by atoms with Crippen LogP contribution in [0.5, 0.6) is 0 Å². The van der Waals surface area contributed by atoms with Gasteiger partial charge in [-0.3, -0.25) is 9.48 Å². The van der Waals surface area contributed by atoms with Crippen molar-refractivity contribution in [2.24, 2.45) is 14.1 Å². The Balaban J connectivity index is 1.50. The van der Waals surface area contributed by atoms with Gasteiger partial charge in [0.05, 0.1) is 11.3 Å². The predicted octanol–water partition coefficient (Wildman–Crippen LogP) is 4.37. The molecule has 2 aromatic carbocycles. The van der Waals surface area contributed by atoms with E-state index in [0.717, 1.165) is 16.8 Å². The summed E-state index contributed by atoms with van der Waals surface area (Å²) in [5.41, 5.74) is 4.81. The van der Waals surface area contributed by atoms with Gasteiger partial charge in [-0.15, -0.1) is 10.2 Å². The van der Waals surface area contributed by atoms with Crippen LogP contribution in [0, 0.1) is 19.7 Å². The van der Waals surface area contributed by atoms with Gasteiger partial charge in [0.2, 0.25) is 5.91 Å². The van der Waals surface area contributed by atoms with Gasteiger partial charge < -0.3 is 9.88 Å². The first-order chi connectivity index (χ1) is 15.3. The second-order valence-corrected chi connectivity index (χ2v) is 8.54. The molecule has 2 aromatic heterocycles. The topological polar surface area (TPSA) is 77.6 Å². The summed E-state index contributed by atoms with van der Waals surface area (Å²) in [4.78, 5) is 12.3. The molecule has 32 heavy (non-hydrogen) atoms. The SMILES string of the molecule is Cc1ccc(-c2nn(C)cc2-c2nnc(SCC(=O)Nc3ccc(C)c(F)c3)n2C)cc1. The zero-order chi connectivity index (χ0) is 22.8.